The Morgan fingerprint density at radius 1 is 1.31 bits per heavy atom. The zero-order valence-corrected chi connectivity index (χ0v) is 16.8. The molecule has 1 atom stereocenters. The summed E-state index contributed by atoms with van der Waals surface area (Å²) in [5.41, 5.74) is 0.421. The average Bonchev–Trinajstić information content (AvgIpc) is 3.18. The highest BCUT2D eigenvalue weighted by Gasteiger charge is 2.36. The number of para-hydroxylation sites is 1. The van der Waals surface area contributed by atoms with Gasteiger partial charge in [-0.3, -0.25) is 4.79 Å². The number of carbonyl (C=O) groups excluding carboxylic acids is 1. The Balaban J connectivity index is 1.93. The van der Waals surface area contributed by atoms with Crippen LogP contribution in [0.3, 0.4) is 0 Å². The molecule has 26 heavy (non-hydrogen) atoms. The van der Waals surface area contributed by atoms with E-state index in [2.05, 4.69) is 15.9 Å². The van der Waals surface area contributed by atoms with Crippen molar-refractivity contribution in [3.05, 3.63) is 52.4 Å². The molecule has 0 unspecified atom stereocenters. The molecule has 0 radical (unpaired) electrons. The van der Waals surface area contributed by atoms with Crippen molar-refractivity contribution in [2.45, 2.75) is 25.9 Å². The number of carbonyl (C=O) groups is 1. The van der Waals surface area contributed by atoms with Crippen molar-refractivity contribution >= 4 is 31.7 Å². The molecule has 0 aliphatic carbocycles. The van der Waals surface area contributed by atoms with Gasteiger partial charge in [-0.25, -0.2) is 8.42 Å². The van der Waals surface area contributed by atoms with Crippen LogP contribution in [0, 0.1) is 0 Å². The Labute approximate surface area is 161 Å². The molecule has 1 saturated heterocycles. The standard InChI is InChI=1S/C18H20BrNO5S/c1-2-24-16-6-4-3-5-15(16)18(21)20(11-14-7-8-17(19)25-14)13-9-10-26(22,23)12-13/h3-8,13H,2,9-12H2,1H3/t13-/m0/s1. The van der Waals surface area contributed by atoms with Crippen molar-refractivity contribution in [2.75, 3.05) is 18.1 Å². The molecule has 1 aromatic carbocycles. The number of halogens is 1. The summed E-state index contributed by atoms with van der Waals surface area (Å²) >= 11 is 3.25. The zero-order valence-electron chi connectivity index (χ0n) is 14.4. The summed E-state index contributed by atoms with van der Waals surface area (Å²) in [6.07, 6.45) is 0.423. The summed E-state index contributed by atoms with van der Waals surface area (Å²) in [7, 11) is -3.13. The smallest absolute Gasteiger partial charge is 0.258 e. The number of benzene rings is 1. The third kappa shape index (κ3) is 4.29. The van der Waals surface area contributed by atoms with Crippen molar-refractivity contribution < 1.29 is 22.4 Å². The summed E-state index contributed by atoms with van der Waals surface area (Å²) in [6.45, 7) is 2.49. The predicted molar refractivity (Wildman–Crippen MR) is 101 cm³/mol. The van der Waals surface area contributed by atoms with Gasteiger partial charge in [-0.2, -0.15) is 0 Å². The van der Waals surface area contributed by atoms with E-state index in [1.807, 2.05) is 6.92 Å². The first-order valence-electron chi connectivity index (χ1n) is 8.37. The SMILES string of the molecule is CCOc1ccccc1C(=O)N(Cc1ccc(Br)o1)[C@H]1CCS(=O)(=O)C1. The van der Waals surface area contributed by atoms with E-state index >= 15 is 0 Å². The molecule has 2 aromatic rings. The maximum Gasteiger partial charge on any atom is 0.258 e. The molecule has 0 bridgehead atoms. The first-order chi connectivity index (χ1) is 12.4. The minimum absolute atomic E-state index is 0.0303. The molecule has 2 heterocycles. The lowest BCUT2D eigenvalue weighted by atomic mass is 10.1. The van der Waals surface area contributed by atoms with E-state index in [0.29, 0.717) is 34.8 Å². The van der Waals surface area contributed by atoms with Crippen LogP contribution in [0.25, 0.3) is 0 Å². The summed E-state index contributed by atoms with van der Waals surface area (Å²) in [4.78, 5) is 14.8. The molecule has 1 amide bonds. The second-order valence-electron chi connectivity index (χ2n) is 6.12. The zero-order chi connectivity index (χ0) is 18.7. The van der Waals surface area contributed by atoms with Gasteiger partial charge in [0.1, 0.15) is 11.5 Å². The van der Waals surface area contributed by atoms with Crippen LogP contribution in [0.15, 0.2) is 45.5 Å². The highest BCUT2D eigenvalue weighted by atomic mass is 79.9. The van der Waals surface area contributed by atoms with Crippen LogP contribution in [0.4, 0.5) is 0 Å². The van der Waals surface area contributed by atoms with Crippen LogP contribution < -0.4 is 4.74 Å². The molecule has 1 fully saturated rings. The number of furan rings is 1. The molecular weight excluding hydrogens is 422 g/mol. The van der Waals surface area contributed by atoms with Gasteiger partial charge in [0.25, 0.3) is 5.91 Å². The van der Waals surface area contributed by atoms with E-state index in [-0.39, 0.29) is 30.0 Å². The van der Waals surface area contributed by atoms with Gasteiger partial charge in [0.2, 0.25) is 0 Å². The summed E-state index contributed by atoms with van der Waals surface area (Å²) in [5.74, 6) is 0.881. The fourth-order valence-corrected chi connectivity index (χ4v) is 5.14. The Morgan fingerprint density at radius 2 is 2.08 bits per heavy atom. The first-order valence-corrected chi connectivity index (χ1v) is 11.0. The maximum absolute atomic E-state index is 13.2. The van der Waals surface area contributed by atoms with Gasteiger partial charge in [-0.1, -0.05) is 12.1 Å². The van der Waals surface area contributed by atoms with Crippen molar-refractivity contribution in [3.8, 4) is 5.75 Å². The number of hydrogen-bond donors (Lipinski definition) is 0. The number of ether oxygens (including phenoxy) is 1. The van der Waals surface area contributed by atoms with Crippen LogP contribution in [-0.2, 0) is 16.4 Å². The monoisotopic (exact) mass is 441 g/mol. The summed E-state index contributed by atoms with van der Waals surface area (Å²) in [6, 6.07) is 10.1. The maximum atomic E-state index is 13.2. The number of sulfone groups is 1. The lowest BCUT2D eigenvalue weighted by Gasteiger charge is -2.28. The van der Waals surface area contributed by atoms with Crippen LogP contribution >= 0.6 is 15.9 Å². The molecule has 140 valence electrons. The Bertz CT molecular complexity index is 892. The highest BCUT2D eigenvalue weighted by Crippen LogP contribution is 2.27. The summed E-state index contributed by atoms with van der Waals surface area (Å²) in [5, 5.41) is 0. The second kappa shape index (κ2) is 7.84. The van der Waals surface area contributed by atoms with Crippen molar-refractivity contribution in [1.82, 2.24) is 4.90 Å². The van der Waals surface area contributed by atoms with E-state index in [0.717, 1.165) is 0 Å². The van der Waals surface area contributed by atoms with Gasteiger partial charge < -0.3 is 14.1 Å². The topological polar surface area (TPSA) is 76.8 Å². The second-order valence-corrected chi connectivity index (χ2v) is 9.14. The van der Waals surface area contributed by atoms with Crippen LogP contribution in [0.2, 0.25) is 0 Å². The van der Waals surface area contributed by atoms with Crippen LogP contribution in [0.1, 0.15) is 29.5 Å². The third-order valence-corrected chi connectivity index (χ3v) is 6.46. The fraction of sp³-hybridized carbons (Fsp3) is 0.389. The van der Waals surface area contributed by atoms with E-state index in [1.54, 1.807) is 41.3 Å². The number of amides is 1. The number of rotatable bonds is 6. The van der Waals surface area contributed by atoms with Gasteiger partial charge in [0, 0.05) is 6.04 Å². The van der Waals surface area contributed by atoms with Gasteiger partial charge in [-0.05, 0) is 53.5 Å². The van der Waals surface area contributed by atoms with E-state index in [9.17, 15) is 13.2 Å². The Morgan fingerprint density at radius 3 is 2.69 bits per heavy atom. The summed E-state index contributed by atoms with van der Waals surface area (Å²) < 4.78 is 35.5. The first kappa shape index (κ1) is 19.0. The van der Waals surface area contributed by atoms with E-state index < -0.39 is 9.84 Å². The molecule has 0 spiro atoms. The normalized spacial score (nSPS) is 18.6. The van der Waals surface area contributed by atoms with Gasteiger partial charge in [0.15, 0.2) is 14.5 Å². The average molecular weight is 442 g/mol. The van der Waals surface area contributed by atoms with Crippen molar-refractivity contribution in [1.29, 1.82) is 0 Å². The van der Waals surface area contributed by atoms with Crippen LogP contribution in [0.5, 0.6) is 5.75 Å². The number of hydrogen-bond acceptors (Lipinski definition) is 5. The fourth-order valence-electron chi connectivity index (χ4n) is 3.07. The molecule has 1 aliphatic rings. The molecule has 3 rings (SSSR count). The molecule has 6 nitrogen and oxygen atoms in total. The Kier molecular flexibility index (Phi) is 5.72. The van der Waals surface area contributed by atoms with E-state index in [4.69, 9.17) is 9.15 Å². The highest BCUT2D eigenvalue weighted by molar-refractivity contribution is 9.10. The number of nitrogens with zero attached hydrogens (tertiary/aromatic N) is 1. The van der Waals surface area contributed by atoms with E-state index in [1.165, 1.54) is 0 Å². The third-order valence-electron chi connectivity index (χ3n) is 4.28. The van der Waals surface area contributed by atoms with Gasteiger partial charge in [-0.15, -0.1) is 0 Å². The van der Waals surface area contributed by atoms with Gasteiger partial charge in [0.05, 0.1) is 30.2 Å². The predicted octanol–water partition coefficient (Wildman–Crippen LogP) is 3.27. The largest absolute Gasteiger partial charge is 0.493 e. The van der Waals surface area contributed by atoms with Gasteiger partial charge >= 0.3 is 0 Å². The quantitative estimate of drug-likeness (QED) is 0.687. The molecular formula is C18H20BrNO5S. The molecule has 0 N–H and O–H groups in total. The lowest BCUT2D eigenvalue weighted by molar-refractivity contribution is 0.0661. The van der Waals surface area contributed by atoms with Crippen LogP contribution in [-0.4, -0.2) is 43.4 Å². The minimum atomic E-state index is -3.13. The molecule has 1 aliphatic heterocycles. The molecule has 1 aromatic heterocycles. The Hall–Kier alpha value is -1.80. The lowest BCUT2D eigenvalue weighted by Crippen LogP contribution is -2.40. The molecule has 0 saturated carbocycles. The van der Waals surface area contributed by atoms with Crippen molar-refractivity contribution in [2.24, 2.45) is 0 Å². The van der Waals surface area contributed by atoms with Crippen molar-refractivity contribution in [3.63, 3.8) is 0 Å². The minimum Gasteiger partial charge on any atom is -0.493 e. The molecule has 8 heteroatoms.